The maximum absolute atomic E-state index is 12.7. The van der Waals surface area contributed by atoms with E-state index < -0.39 is 0 Å². The molecule has 0 aliphatic carbocycles. The second kappa shape index (κ2) is 6.96. The van der Waals surface area contributed by atoms with Crippen molar-refractivity contribution in [1.82, 2.24) is 4.90 Å². The molecule has 2 heterocycles. The molecule has 2 aromatic rings. The lowest BCUT2D eigenvalue weighted by Crippen LogP contribution is -2.41. The smallest absolute Gasteiger partial charge is 0.228 e. The number of rotatable bonds is 5. The van der Waals surface area contributed by atoms with Crippen molar-refractivity contribution in [3.63, 3.8) is 0 Å². The third kappa shape index (κ3) is 3.45. The zero-order valence-corrected chi connectivity index (χ0v) is 13.8. The monoisotopic (exact) mass is 329 g/mol. The van der Waals surface area contributed by atoms with Crippen molar-refractivity contribution < 1.29 is 14.3 Å². The highest BCUT2D eigenvalue weighted by molar-refractivity contribution is 7.10. The Hall–Kier alpha value is -2.14. The van der Waals surface area contributed by atoms with Crippen LogP contribution in [0.15, 0.2) is 41.8 Å². The first-order valence-corrected chi connectivity index (χ1v) is 8.57. The van der Waals surface area contributed by atoms with Gasteiger partial charge in [-0.3, -0.25) is 9.59 Å². The molecule has 1 aromatic carbocycles. The van der Waals surface area contributed by atoms with E-state index in [1.165, 1.54) is 0 Å². The zero-order valence-electron chi connectivity index (χ0n) is 13.0. The molecule has 1 aliphatic heterocycles. The van der Waals surface area contributed by atoms with Crippen molar-refractivity contribution >= 4 is 23.0 Å². The minimum absolute atomic E-state index is 0.0182. The molecule has 23 heavy (non-hydrogen) atoms. The van der Waals surface area contributed by atoms with Crippen LogP contribution in [0.1, 0.15) is 28.1 Å². The Labute approximate surface area is 139 Å². The Morgan fingerprint density at radius 1 is 1.26 bits per heavy atom. The fourth-order valence-electron chi connectivity index (χ4n) is 2.95. The second-order valence-corrected chi connectivity index (χ2v) is 6.63. The molecular formula is C18H19NO3S. The van der Waals surface area contributed by atoms with Crippen molar-refractivity contribution in [2.45, 2.75) is 25.3 Å². The van der Waals surface area contributed by atoms with Crippen LogP contribution in [0.25, 0.3) is 0 Å². The van der Waals surface area contributed by atoms with E-state index in [1.54, 1.807) is 47.6 Å². The van der Waals surface area contributed by atoms with E-state index in [2.05, 4.69) is 0 Å². The third-order valence-corrected chi connectivity index (χ3v) is 5.03. The van der Waals surface area contributed by atoms with E-state index in [9.17, 15) is 9.59 Å². The molecule has 1 aromatic heterocycles. The summed E-state index contributed by atoms with van der Waals surface area (Å²) in [5, 5.41) is 1.96. The minimum Gasteiger partial charge on any atom is -0.497 e. The Bertz CT molecular complexity index is 679. The zero-order chi connectivity index (χ0) is 16.2. The lowest BCUT2D eigenvalue weighted by atomic mass is 10.0. The van der Waals surface area contributed by atoms with Gasteiger partial charge in [-0.05, 0) is 48.6 Å². The number of thiophene rings is 1. The number of benzene rings is 1. The van der Waals surface area contributed by atoms with Gasteiger partial charge < -0.3 is 9.64 Å². The molecule has 0 saturated carbocycles. The van der Waals surface area contributed by atoms with Crippen molar-refractivity contribution in [1.29, 1.82) is 0 Å². The Morgan fingerprint density at radius 3 is 2.70 bits per heavy atom. The highest BCUT2D eigenvalue weighted by Crippen LogP contribution is 2.24. The van der Waals surface area contributed by atoms with Gasteiger partial charge in [0.1, 0.15) is 5.75 Å². The predicted molar refractivity (Wildman–Crippen MR) is 90.1 cm³/mol. The quantitative estimate of drug-likeness (QED) is 0.792. The molecule has 4 nitrogen and oxygen atoms in total. The maximum atomic E-state index is 12.7. The fraction of sp³-hybridized carbons (Fsp3) is 0.333. The first-order valence-electron chi connectivity index (χ1n) is 7.69. The molecule has 1 atom stereocenters. The minimum atomic E-state index is -0.337. The summed E-state index contributed by atoms with van der Waals surface area (Å²) in [4.78, 5) is 28.0. The first kappa shape index (κ1) is 15.7. The van der Waals surface area contributed by atoms with E-state index >= 15 is 0 Å². The van der Waals surface area contributed by atoms with Crippen LogP contribution in [0, 0.1) is 0 Å². The molecule has 0 spiro atoms. The first-order chi connectivity index (χ1) is 11.2. The van der Waals surface area contributed by atoms with Gasteiger partial charge in [-0.1, -0.05) is 6.07 Å². The number of hydrogen-bond acceptors (Lipinski definition) is 4. The summed E-state index contributed by atoms with van der Waals surface area (Å²) >= 11 is 1.57. The van der Waals surface area contributed by atoms with Crippen molar-refractivity contribution in [3.8, 4) is 5.75 Å². The molecule has 0 bridgehead atoms. The van der Waals surface area contributed by atoms with E-state index in [-0.39, 0.29) is 17.7 Å². The van der Waals surface area contributed by atoms with E-state index in [1.807, 2.05) is 17.5 Å². The summed E-state index contributed by atoms with van der Waals surface area (Å²) < 4.78 is 5.12. The molecule has 120 valence electrons. The molecule has 1 amide bonds. The topological polar surface area (TPSA) is 46.6 Å². The Balaban J connectivity index is 1.72. The lowest BCUT2D eigenvalue weighted by molar-refractivity contribution is -0.130. The number of methoxy groups -OCH3 is 1. The number of Topliss-reactive ketones (excluding diaryl/α,β-unsaturated/α-hetero) is 1. The van der Waals surface area contributed by atoms with Gasteiger partial charge >= 0.3 is 0 Å². The lowest BCUT2D eigenvalue weighted by Gasteiger charge is -2.23. The molecule has 1 aliphatic rings. The standard InChI is InChI=1S/C18H19NO3S/c1-22-14-8-6-13(7-9-14)18(21)16-5-2-10-19(16)17(20)12-15-4-3-11-23-15/h3-4,6-9,11,16H,2,5,10,12H2,1H3. The van der Waals surface area contributed by atoms with Crippen molar-refractivity contribution in [3.05, 3.63) is 52.2 Å². The number of likely N-dealkylation sites (tertiary alicyclic amines) is 1. The van der Waals surface area contributed by atoms with Gasteiger partial charge in [0.15, 0.2) is 5.78 Å². The molecule has 1 fully saturated rings. The molecular weight excluding hydrogens is 310 g/mol. The number of ketones is 1. The fourth-order valence-corrected chi connectivity index (χ4v) is 3.65. The van der Waals surface area contributed by atoms with Crippen LogP contribution < -0.4 is 4.74 Å². The summed E-state index contributed by atoms with van der Waals surface area (Å²) in [6.07, 6.45) is 1.99. The van der Waals surface area contributed by atoms with Gasteiger partial charge in [-0.15, -0.1) is 11.3 Å². The van der Waals surface area contributed by atoms with Crippen LogP contribution >= 0.6 is 11.3 Å². The maximum Gasteiger partial charge on any atom is 0.228 e. The van der Waals surface area contributed by atoms with Gasteiger partial charge in [0.25, 0.3) is 0 Å². The number of carbonyl (C=O) groups excluding carboxylic acids is 2. The summed E-state index contributed by atoms with van der Waals surface area (Å²) in [5.74, 6) is 0.778. The van der Waals surface area contributed by atoms with Crippen molar-refractivity contribution in [2.75, 3.05) is 13.7 Å². The number of amides is 1. The number of carbonyl (C=O) groups is 2. The average Bonchev–Trinajstić information content (AvgIpc) is 3.25. The molecule has 3 rings (SSSR count). The van der Waals surface area contributed by atoms with Gasteiger partial charge in [0, 0.05) is 17.0 Å². The molecule has 5 heteroatoms. The van der Waals surface area contributed by atoms with Crippen LogP contribution in [0.3, 0.4) is 0 Å². The number of hydrogen-bond donors (Lipinski definition) is 0. The number of nitrogens with zero attached hydrogens (tertiary/aromatic N) is 1. The number of ether oxygens (including phenoxy) is 1. The van der Waals surface area contributed by atoms with Crippen LogP contribution in [-0.2, 0) is 11.2 Å². The van der Waals surface area contributed by atoms with Gasteiger partial charge in [-0.25, -0.2) is 0 Å². The predicted octanol–water partition coefficient (Wildman–Crippen LogP) is 3.17. The normalized spacial score (nSPS) is 17.3. The van der Waals surface area contributed by atoms with Gasteiger partial charge in [0.2, 0.25) is 5.91 Å². The van der Waals surface area contributed by atoms with E-state index in [4.69, 9.17) is 4.74 Å². The van der Waals surface area contributed by atoms with Crippen LogP contribution in [0.4, 0.5) is 0 Å². The average molecular weight is 329 g/mol. The van der Waals surface area contributed by atoms with Gasteiger partial charge in [-0.2, -0.15) is 0 Å². The highest BCUT2D eigenvalue weighted by atomic mass is 32.1. The third-order valence-electron chi connectivity index (χ3n) is 4.16. The van der Waals surface area contributed by atoms with E-state index in [0.717, 1.165) is 23.5 Å². The largest absolute Gasteiger partial charge is 0.497 e. The highest BCUT2D eigenvalue weighted by Gasteiger charge is 2.34. The van der Waals surface area contributed by atoms with Gasteiger partial charge in [0.05, 0.1) is 19.6 Å². The molecule has 0 radical (unpaired) electrons. The second-order valence-electron chi connectivity index (χ2n) is 5.59. The summed E-state index contributed by atoms with van der Waals surface area (Å²) in [6, 6.07) is 10.6. The molecule has 1 unspecified atom stereocenters. The summed E-state index contributed by atoms with van der Waals surface area (Å²) in [7, 11) is 1.60. The van der Waals surface area contributed by atoms with Crippen LogP contribution in [0.5, 0.6) is 5.75 Å². The molecule has 0 N–H and O–H groups in total. The van der Waals surface area contributed by atoms with E-state index in [0.29, 0.717) is 18.5 Å². The summed E-state index contributed by atoms with van der Waals surface area (Å²) in [5.41, 5.74) is 0.631. The SMILES string of the molecule is COc1ccc(C(=O)C2CCCN2C(=O)Cc2cccs2)cc1. The molecule has 1 saturated heterocycles. The Morgan fingerprint density at radius 2 is 2.04 bits per heavy atom. The van der Waals surface area contributed by atoms with Crippen LogP contribution in [0.2, 0.25) is 0 Å². The van der Waals surface area contributed by atoms with Crippen LogP contribution in [-0.4, -0.2) is 36.3 Å². The Kier molecular flexibility index (Phi) is 4.76. The summed E-state index contributed by atoms with van der Waals surface area (Å²) in [6.45, 7) is 0.663. The van der Waals surface area contributed by atoms with Crippen molar-refractivity contribution in [2.24, 2.45) is 0 Å².